The second-order valence-electron chi connectivity index (χ2n) is 3.34. The molecule has 0 aliphatic carbocycles. The number of ether oxygens (including phenoxy) is 2. The molecule has 0 radical (unpaired) electrons. The van der Waals surface area contributed by atoms with E-state index >= 15 is 0 Å². The van der Waals surface area contributed by atoms with Crippen LogP contribution in [-0.2, 0) is 11.3 Å². The lowest BCUT2D eigenvalue weighted by Crippen LogP contribution is -2.21. The van der Waals surface area contributed by atoms with Crippen molar-refractivity contribution in [1.29, 1.82) is 0 Å². The van der Waals surface area contributed by atoms with Gasteiger partial charge in [-0.3, -0.25) is 4.90 Å². The maximum absolute atomic E-state index is 11.4. The number of pyridine rings is 1. The van der Waals surface area contributed by atoms with Gasteiger partial charge in [0.2, 0.25) is 5.88 Å². The lowest BCUT2D eigenvalue weighted by atomic mass is 10.2. The van der Waals surface area contributed by atoms with E-state index in [1.54, 1.807) is 11.1 Å². The molecular weight excluding hydrogens is 196 g/mol. The van der Waals surface area contributed by atoms with E-state index in [9.17, 15) is 4.79 Å². The SMILES string of the molecule is O=C1OCC2=COc3ncccc3CN12. The minimum absolute atomic E-state index is 0.271. The molecule has 5 nitrogen and oxygen atoms in total. The van der Waals surface area contributed by atoms with Crippen LogP contribution in [0.3, 0.4) is 0 Å². The van der Waals surface area contributed by atoms with Crippen LogP contribution in [0.4, 0.5) is 4.79 Å². The average molecular weight is 204 g/mol. The van der Waals surface area contributed by atoms with Crippen LogP contribution in [0.5, 0.6) is 5.88 Å². The predicted octanol–water partition coefficient (Wildman–Crippen LogP) is 1.27. The largest absolute Gasteiger partial charge is 0.444 e. The van der Waals surface area contributed by atoms with Crippen LogP contribution < -0.4 is 4.74 Å². The zero-order chi connectivity index (χ0) is 10.3. The summed E-state index contributed by atoms with van der Waals surface area (Å²) in [4.78, 5) is 17.0. The van der Waals surface area contributed by atoms with Crippen LogP contribution in [0.2, 0.25) is 0 Å². The number of fused-ring (bicyclic) bond motifs is 2. The maximum atomic E-state index is 11.4. The molecule has 0 N–H and O–H groups in total. The smallest absolute Gasteiger partial charge is 0.414 e. The van der Waals surface area contributed by atoms with Crippen LogP contribution in [-0.4, -0.2) is 22.6 Å². The van der Waals surface area contributed by atoms with Crippen LogP contribution in [0, 0.1) is 0 Å². The van der Waals surface area contributed by atoms with Gasteiger partial charge in [0.05, 0.1) is 12.2 Å². The molecule has 1 aromatic rings. The highest BCUT2D eigenvalue weighted by Gasteiger charge is 2.30. The van der Waals surface area contributed by atoms with Crippen molar-refractivity contribution >= 4 is 6.09 Å². The van der Waals surface area contributed by atoms with Crippen LogP contribution in [0.25, 0.3) is 0 Å². The van der Waals surface area contributed by atoms with Gasteiger partial charge < -0.3 is 9.47 Å². The van der Waals surface area contributed by atoms with Gasteiger partial charge in [0.25, 0.3) is 0 Å². The Labute approximate surface area is 85.9 Å². The van der Waals surface area contributed by atoms with Gasteiger partial charge in [0.1, 0.15) is 12.9 Å². The Hall–Kier alpha value is -2.04. The van der Waals surface area contributed by atoms with Gasteiger partial charge in [-0.2, -0.15) is 0 Å². The molecule has 3 rings (SSSR count). The van der Waals surface area contributed by atoms with E-state index in [-0.39, 0.29) is 12.7 Å². The summed E-state index contributed by atoms with van der Waals surface area (Å²) in [6.45, 7) is 0.723. The first-order chi connectivity index (χ1) is 7.34. The molecule has 0 saturated carbocycles. The van der Waals surface area contributed by atoms with E-state index in [1.165, 1.54) is 6.26 Å². The van der Waals surface area contributed by atoms with Crippen molar-refractivity contribution < 1.29 is 14.3 Å². The van der Waals surface area contributed by atoms with Crippen molar-refractivity contribution in [2.45, 2.75) is 6.54 Å². The van der Waals surface area contributed by atoms with Crippen molar-refractivity contribution in [3.8, 4) is 5.88 Å². The van der Waals surface area contributed by atoms with Crippen molar-refractivity contribution in [2.75, 3.05) is 6.61 Å². The van der Waals surface area contributed by atoms with Crippen molar-refractivity contribution in [2.24, 2.45) is 0 Å². The van der Waals surface area contributed by atoms with Crippen molar-refractivity contribution in [3.63, 3.8) is 0 Å². The van der Waals surface area contributed by atoms with E-state index < -0.39 is 0 Å². The summed E-state index contributed by atoms with van der Waals surface area (Å²) in [5, 5.41) is 0. The van der Waals surface area contributed by atoms with Gasteiger partial charge in [-0.15, -0.1) is 0 Å². The summed E-state index contributed by atoms with van der Waals surface area (Å²) in [6.07, 6.45) is 2.84. The molecule has 0 spiro atoms. The number of hydrogen-bond acceptors (Lipinski definition) is 4. The summed E-state index contributed by atoms with van der Waals surface area (Å²) in [6, 6.07) is 3.69. The number of nitrogens with zero attached hydrogens (tertiary/aromatic N) is 2. The number of hydrogen-bond donors (Lipinski definition) is 0. The molecule has 0 bridgehead atoms. The first-order valence-corrected chi connectivity index (χ1v) is 4.58. The fourth-order valence-corrected chi connectivity index (χ4v) is 1.62. The van der Waals surface area contributed by atoms with Gasteiger partial charge in [0.15, 0.2) is 0 Å². The van der Waals surface area contributed by atoms with Crippen molar-refractivity contribution in [1.82, 2.24) is 9.88 Å². The molecule has 5 heteroatoms. The molecule has 2 aliphatic rings. The first kappa shape index (κ1) is 8.28. The van der Waals surface area contributed by atoms with Crippen LogP contribution >= 0.6 is 0 Å². The number of carbonyl (C=O) groups excluding carboxylic acids is 1. The average Bonchev–Trinajstić information content (AvgIpc) is 2.51. The Balaban J connectivity index is 2.03. The molecule has 76 valence electrons. The zero-order valence-corrected chi connectivity index (χ0v) is 7.84. The summed E-state index contributed by atoms with van der Waals surface area (Å²) in [7, 11) is 0. The topological polar surface area (TPSA) is 51.7 Å². The highest BCUT2D eigenvalue weighted by molar-refractivity contribution is 5.73. The third-order valence-corrected chi connectivity index (χ3v) is 2.40. The molecule has 0 unspecified atom stereocenters. The summed E-state index contributed by atoms with van der Waals surface area (Å²) < 4.78 is 10.3. The Morgan fingerprint density at radius 1 is 1.47 bits per heavy atom. The molecule has 1 saturated heterocycles. The van der Waals surface area contributed by atoms with Gasteiger partial charge >= 0.3 is 6.09 Å². The molecule has 1 fully saturated rings. The fourth-order valence-electron chi connectivity index (χ4n) is 1.62. The van der Waals surface area contributed by atoms with Crippen LogP contribution in [0.15, 0.2) is 30.3 Å². The lowest BCUT2D eigenvalue weighted by molar-refractivity contribution is 0.157. The zero-order valence-electron chi connectivity index (χ0n) is 7.84. The van der Waals surface area contributed by atoms with E-state index in [0.717, 1.165) is 11.3 Å². The monoisotopic (exact) mass is 204 g/mol. The highest BCUT2D eigenvalue weighted by atomic mass is 16.6. The molecule has 1 aromatic heterocycles. The third-order valence-electron chi connectivity index (χ3n) is 2.40. The molecular formula is C10H8N2O3. The van der Waals surface area contributed by atoms with Gasteiger partial charge in [0, 0.05) is 11.8 Å². The number of cyclic esters (lactones) is 1. The number of aromatic nitrogens is 1. The quantitative estimate of drug-likeness (QED) is 0.638. The second-order valence-corrected chi connectivity index (χ2v) is 3.34. The molecule has 2 aliphatic heterocycles. The summed E-state index contributed by atoms with van der Waals surface area (Å²) in [5.41, 5.74) is 1.61. The minimum Gasteiger partial charge on any atom is -0.444 e. The molecule has 0 aromatic carbocycles. The van der Waals surface area contributed by atoms with Crippen molar-refractivity contribution in [3.05, 3.63) is 35.9 Å². The number of amides is 1. The second kappa shape index (κ2) is 2.98. The fraction of sp³-hybridized carbons (Fsp3) is 0.200. The van der Waals surface area contributed by atoms with Gasteiger partial charge in [-0.05, 0) is 6.07 Å². The third kappa shape index (κ3) is 1.24. The lowest BCUT2D eigenvalue weighted by Gasteiger charge is -2.11. The van der Waals surface area contributed by atoms with Crippen LogP contribution in [0.1, 0.15) is 5.56 Å². The molecule has 0 atom stereocenters. The molecule has 1 amide bonds. The van der Waals surface area contributed by atoms with Gasteiger partial charge in [-0.1, -0.05) is 6.07 Å². The standard InChI is InChI=1S/C10H8N2O3/c13-10-12-4-7-2-1-3-11-9(7)14-5-8(12)6-15-10/h1-3,5H,4,6H2. The highest BCUT2D eigenvalue weighted by Crippen LogP contribution is 2.27. The van der Waals surface area contributed by atoms with E-state index in [1.807, 2.05) is 12.1 Å². The van der Waals surface area contributed by atoms with Gasteiger partial charge in [-0.25, -0.2) is 9.78 Å². The molecule has 15 heavy (non-hydrogen) atoms. The van der Waals surface area contributed by atoms with E-state index in [4.69, 9.17) is 9.47 Å². The number of rotatable bonds is 0. The predicted molar refractivity (Wildman–Crippen MR) is 49.8 cm³/mol. The Morgan fingerprint density at radius 3 is 3.33 bits per heavy atom. The maximum Gasteiger partial charge on any atom is 0.414 e. The summed E-state index contributed by atoms with van der Waals surface area (Å²) >= 11 is 0. The van der Waals surface area contributed by atoms with E-state index in [2.05, 4.69) is 4.98 Å². The van der Waals surface area contributed by atoms with E-state index in [0.29, 0.717) is 12.4 Å². The molecule has 3 heterocycles. The first-order valence-electron chi connectivity index (χ1n) is 4.58. The Morgan fingerprint density at radius 2 is 2.40 bits per heavy atom. The number of carbonyl (C=O) groups is 1. The summed E-state index contributed by atoms with van der Waals surface area (Å²) in [5.74, 6) is 0.548. The minimum atomic E-state index is -0.332. The Kier molecular flexibility index (Phi) is 1.65. The Bertz CT molecular complexity index is 456. The normalized spacial score (nSPS) is 18.3.